The number of sulfonamides is 1. The molecule has 5 N–H and O–H groups in total. The van der Waals surface area contributed by atoms with E-state index in [4.69, 9.17) is 24.1 Å². The van der Waals surface area contributed by atoms with E-state index in [1.807, 2.05) is 19.1 Å². The van der Waals surface area contributed by atoms with Crippen LogP contribution in [0.1, 0.15) is 140 Å². The number of nitrogens with one attached hydrogen (secondary N) is 3. The Morgan fingerprint density at radius 2 is 1.31 bits per heavy atom. The van der Waals surface area contributed by atoms with Crippen LogP contribution in [0.2, 0.25) is 0 Å². The van der Waals surface area contributed by atoms with Crippen molar-refractivity contribution in [2.45, 2.75) is 143 Å². The monoisotopic (exact) mass is 1120 g/mol. The normalized spacial score (nSPS) is 16.3. The number of hydrogen-bond acceptors (Lipinski definition) is 13. The number of rotatable bonds is 23. The maximum atomic E-state index is 15.3. The molecular weight excluding hydrogens is 1040 g/mol. The van der Waals surface area contributed by atoms with Crippen LogP contribution in [-0.4, -0.2) is 111 Å². The number of likely N-dealkylation sites (N-methyl/N-ethyl adjacent to an activating group) is 1. The standard InChI is InChI=1S/C61H81N5O13S/c1-11-13-15-40-17-20-42(21-18-40)43-22-24-44(25-23-43)50(67)37-46(16-14-29-63-58(72)78-60(4,5)6)57(71)66(10)55-45-26-28-54(76-31-12-2)48(36-45)47-34-41(19-27-53(47)77-32-30-64-59(73)79-61(7,8)9)35-49(52(69)38-80(62,74)75)65-56(70)39(3)33-51(55)68/h17-28,34,36,39,46,49,55H,11-16,29-33,35,37-38H2,1-10H3,(H,63,72)(H,64,73)(H,65,70)(H2,62,74,75)/t39-,46-,49+,55+/m1/s1. The quantitative estimate of drug-likeness (QED) is 0.0399. The average Bonchev–Trinajstić information content (AvgIpc) is 3.38. The highest BCUT2D eigenvalue weighted by Crippen LogP contribution is 2.41. The maximum Gasteiger partial charge on any atom is 0.407 e. The zero-order chi connectivity index (χ0) is 59.0. The van der Waals surface area contributed by atoms with E-state index in [0.29, 0.717) is 40.0 Å². The lowest BCUT2D eigenvalue weighted by Gasteiger charge is -2.32. The summed E-state index contributed by atoms with van der Waals surface area (Å²) < 4.78 is 47.9. The molecular formula is C61H81N5O13S. The largest absolute Gasteiger partial charge is 0.493 e. The molecule has 4 aromatic carbocycles. The van der Waals surface area contributed by atoms with Crippen molar-refractivity contribution in [3.8, 4) is 33.8 Å². The minimum absolute atomic E-state index is 0.0346. The van der Waals surface area contributed by atoms with E-state index < -0.39 is 92.9 Å². The van der Waals surface area contributed by atoms with Crippen LogP contribution >= 0.6 is 0 Å². The molecule has 4 amide bonds. The van der Waals surface area contributed by atoms with Gasteiger partial charge in [-0.2, -0.15) is 0 Å². The molecule has 1 aliphatic rings. The van der Waals surface area contributed by atoms with E-state index in [2.05, 4.69) is 47.1 Å². The lowest BCUT2D eigenvalue weighted by atomic mass is 9.88. The average molecular weight is 1120 g/mol. The molecule has 4 atom stereocenters. The minimum Gasteiger partial charge on any atom is -0.493 e. The molecule has 0 saturated heterocycles. The van der Waals surface area contributed by atoms with E-state index in [-0.39, 0.29) is 63.5 Å². The second-order valence-corrected chi connectivity index (χ2v) is 24.1. The predicted molar refractivity (Wildman–Crippen MR) is 307 cm³/mol. The van der Waals surface area contributed by atoms with Crippen molar-refractivity contribution in [3.05, 3.63) is 107 Å². The number of Topliss-reactive ketones (excluding diaryl/α,β-unsaturated/α-hetero) is 3. The molecule has 18 nitrogen and oxygen atoms in total. The molecule has 4 bridgehead atoms. The molecule has 0 aliphatic carbocycles. The van der Waals surface area contributed by atoms with Crippen LogP contribution in [0.3, 0.4) is 0 Å². The van der Waals surface area contributed by atoms with Crippen molar-refractivity contribution >= 4 is 51.4 Å². The van der Waals surface area contributed by atoms with Gasteiger partial charge in [-0.1, -0.05) is 87.9 Å². The number of hydrogen-bond donors (Lipinski definition) is 4. The molecule has 434 valence electrons. The van der Waals surface area contributed by atoms with Gasteiger partial charge in [0.15, 0.2) is 17.3 Å². The summed E-state index contributed by atoms with van der Waals surface area (Å²) in [6.45, 7) is 16.4. The summed E-state index contributed by atoms with van der Waals surface area (Å²) >= 11 is 0. The molecule has 19 heteroatoms. The number of unbranched alkanes of at least 4 members (excludes halogenated alkanes) is 1. The van der Waals surface area contributed by atoms with E-state index in [1.54, 1.807) is 90.1 Å². The van der Waals surface area contributed by atoms with Crippen LogP contribution in [-0.2, 0) is 51.5 Å². The second kappa shape index (κ2) is 28.9. The van der Waals surface area contributed by atoms with Gasteiger partial charge in [0.2, 0.25) is 21.8 Å². The Morgan fingerprint density at radius 1 is 0.738 bits per heavy atom. The Hall–Kier alpha value is -7.12. The number of fused-ring (bicyclic) bond motifs is 5. The van der Waals surface area contributed by atoms with Gasteiger partial charge in [-0.15, -0.1) is 0 Å². The Bertz CT molecular complexity index is 2930. The number of carbonyl (C=O) groups excluding carboxylic acids is 7. The maximum absolute atomic E-state index is 15.3. The molecule has 0 unspecified atom stereocenters. The lowest BCUT2D eigenvalue weighted by Crippen LogP contribution is -2.47. The molecule has 1 heterocycles. The molecule has 4 aromatic rings. The zero-order valence-corrected chi connectivity index (χ0v) is 48.8. The van der Waals surface area contributed by atoms with Crippen LogP contribution < -0.4 is 30.6 Å². The van der Waals surface area contributed by atoms with Gasteiger partial charge in [-0.3, -0.25) is 24.0 Å². The smallest absolute Gasteiger partial charge is 0.407 e. The fraction of sp³-hybridized carbons (Fsp3) is 0.492. The van der Waals surface area contributed by atoms with Crippen LogP contribution in [0.25, 0.3) is 22.3 Å². The summed E-state index contributed by atoms with van der Waals surface area (Å²) in [7, 11) is -2.87. The third kappa shape index (κ3) is 19.9. The molecule has 0 radical (unpaired) electrons. The SMILES string of the molecule is CCCCc1ccc(-c2ccc(C(=O)C[C@@H](CCCNC(=O)OC(C)(C)C)C(=O)N(C)[C@@H]3C(=O)C[C@@H](C)C(=O)N[C@H](C(=O)CS(N)(=O)=O)Cc4ccc(OCCNC(=O)OC(C)(C)C)c(c4)-c4cc3ccc4OCCC)cc2)cc1. The first kappa shape index (κ1) is 63.7. The van der Waals surface area contributed by atoms with Gasteiger partial charge in [0.1, 0.15) is 41.1 Å². The van der Waals surface area contributed by atoms with Crippen molar-refractivity contribution in [1.29, 1.82) is 0 Å². The van der Waals surface area contributed by atoms with Gasteiger partial charge in [-0.05, 0) is 132 Å². The predicted octanol–water partition coefficient (Wildman–Crippen LogP) is 9.24. The van der Waals surface area contributed by atoms with Gasteiger partial charge in [0, 0.05) is 55.0 Å². The van der Waals surface area contributed by atoms with Gasteiger partial charge >= 0.3 is 12.2 Å². The highest BCUT2D eigenvalue weighted by atomic mass is 32.2. The number of amides is 4. The van der Waals surface area contributed by atoms with E-state index >= 15 is 9.59 Å². The van der Waals surface area contributed by atoms with Gasteiger partial charge in [0.05, 0.1) is 19.2 Å². The molecule has 0 fully saturated rings. The number of ketones is 3. The van der Waals surface area contributed by atoms with Crippen molar-refractivity contribution in [2.24, 2.45) is 17.0 Å². The molecule has 0 aromatic heterocycles. The Balaban J connectivity index is 1.59. The van der Waals surface area contributed by atoms with Crippen molar-refractivity contribution in [2.75, 3.05) is 39.1 Å². The summed E-state index contributed by atoms with van der Waals surface area (Å²) in [5.41, 5.74) is 3.66. The Morgan fingerprint density at radius 3 is 1.90 bits per heavy atom. The highest BCUT2D eigenvalue weighted by Gasteiger charge is 2.37. The second-order valence-electron chi connectivity index (χ2n) is 22.4. The first-order valence-corrected chi connectivity index (χ1v) is 29.2. The van der Waals surface area contributed by atoms with Crippen molar-refractivity contribution in [1.82, 2.24) is 20.9 Å². The Labute approximate surface area is 471 Å². The van der Waals surface area contributed by atoms with Crippen LogP contribution in [0.4, 0.5) is 9.59 Å². The van der Waals surface area contributed by atoms with Gasteiger partial charge < -0.3 is 39.8 Å². The van der Waals surface area contributed by atoms with E-state index in [0.717, 1.165) is 30.4 Å². The number of nitrogens with two attached hydrogens (primary N) is 1. The van der Waals surface area contributed by atoms with Crippen LogP contribution in [0.15, 0.2) is 84.9 Å². The van der Waals surface area contributed by atoms with Crippen LogP contribution in [0, 0.1) is 11.8 Å². The Kier molecular flexibility index (Phi) is 23.0. The van der Waals surface area contributed by atoms with Crippen molar-refractivity contribution < 1.29 is 60.9 Å². The van der Waals surface area contributed by atoms with E-state index in [9.17, 15) is 32.4 Å². The summed E-state index contributed by atoms with van der Waals surface area (Å²) in [5.74, 6) is -5.57. The zero-order valence-electron chi connectivity index (χ0n) is 48.0. The van der Waals surface area contributed by atoms with Gasteiger partial charge in [0.25, 0.3) is 0 Å². The number of nitrogens with zero attached hydrogens (tertiary/aromatic N) is 1. The lowest BCUT2D eigenvalue weighted by molar-refractivity contribution is -0.142. The third-order valence-corrected chi connectivity index (χ3v) is 13.8. The molecule has 5 rings (SSSR count). The fourth-order valence-electron chi connectivity index (χ4n) is 9.18. The molecule has 1 aliphatic heterocycles. The van der Waals surface area contributed by atoms with E-state index in [1.165, 1.54) is 24.4 Å². The fourth-order valence-corrected chi connectivity index (χ4v) is 9.77. The van der Waals surface area contributed by atoms with Gasteiger partial charge in [-0.25, -0.2) is 23.1 Å². The summed E-state index contributed by atoms with van der Waals surface area (Å²) in [6, 6.07) is 22.8. The number of ether oxygens (including phenoxy) is 4. The summed E-state index contributed by atoms with van der Waals surface area (Å²) in [5, 5.41) is 13.4. The summed E-state index contributed by atoms with van der Waals surface area (Å²) in [4.78, 5) is 98.9. The van der Waals surface area contributed by atoms with Crippen LogP contribution in [0.5, 0.6) is 11.5 Å². The third-order valence-electron chi connectivity index (χ3n) is 13.1. The molecule has 0 saturated carbocycles. The summed E-state index contributed by atoms with van der Waals surface area (Å²) in [6.07, 6.45) is 2.01. The van der Waals surface area contributed by atoms with Crippen molar-refractivity contribution in [3.63, 3.8) is 0 Å². The number of alkyl carbamates (subject to hydrolysis) is 2. The minimum atomic E-state index is -4.33. The topological polar surface area (TPSA) is 256 Å². The first-order valence-electron chi connectivity index (χ1n) is 27.5. The highest BCUT2D eigenvalue weighted by molar-refractivity contribution is 7.89. The number of primary sulfonamides is 1. The molecule has 0 spiro atoms. The number of carbonyl (C=O) groups is 7. The first-order chi connectivity index (χ1) is 37.6. The molecule has 80 heavy (non-hydrogen) atoms. The number of aryl methyl sites for hydroxylation is 1. The number of benzene rings is 4.